The lowest BCUT2D eigenvalue weighted by atomic mass is 9.96. The molecule has 1 aromatic carbocycles. The number of β-amino-alcohol motifs (C(OH)–C–C–N with tert-alkyl or cyclic N) is 1. The van der Waals surface area contributed by atoms with Crippen molar-refractivity contribution < 1.29 is 14.2 Å². The number of tetrazole rings is 1. The van der Waals surface area contributed by atoms with E-state index >= 15 is 0 Å². The van der Waals surface area contributed by atoms with Crippen molar-refractivity contribution in [1.29, 1.82) is 5.26 Å². The molecule has 2 fully saturated rings. The maximum atomic E-state index is 13.9. The third kappa shape index (κ3) is 5.09. The molecule has 10 nitrogen and oxygen atoms in total. The van der Waals surface area contributed by atoms with E-state index < -0.39 is 11.9 Å². The van der Waals surface area contributed by atoms with E-state index in [0.29, 0.717) is 31.1 Å². The first-order chi connectivity index (χ1) is 16.9. The molecule has 2 aliphatic rings. The molecular weight excluding hydrogens is 487 g/mol. The van der Waals surface area contributed by atoms with Crippen LogP contribution in [0.25, 0.3) is 5.82 Å². The third-order valence-electron chi connectivity index (χ3n) is 6.98. The molecule has 0 radical (unpaired) electrons. The Morgan fingerprint density at radius 1 is 1.22 bits per heavy atom. The Kier molecular flexibility index (Phi) is 7.92. The number of piperazine rings is 1. The van der Waals surface area contributed by atoms with Gasteiger partial charge >= 0.3 is 0 Å². The Bertz CT molecular complexity index is 1250. The third-order valence-corrected chi connectivity index (χ3v) is 6.98. The maximum Gasteiger partial charge on any atom is 0.157 e. The number of aliphatic hydroxyl groups excluding tert-OH is 1. The zero-order chi connectivity index (χ0) is 24.5. The van der Waals surface area contributed by atoms with Crippen LogP contribution in [-0.4, -0.2) is 85.5 Å². The first-order valence-corrected chi connectivity index (χ1v) is 11.6. The Labute approximate surface area is 214 Å². The number of pyridine rings is 1. The number of benzene rings is 1. The van der Waals surface area contributed by atoms with Crippen molar-refractivity contribution in [1.82, 2.24) is 35.0 Å². The van der Waals surface area contributed by atoms with Crippen LogP contribution in [-0.2, 0) is 4.74 Å². The number of nitrogens with zero attached hydrogens (tertiary/aromatic N) is 8. The van der Waals surface area contributed by atoms with Gasteiger partial charge in [0, 0.05) is 50.0 Å². The summed E-state index contributed by atoms with van der Waals surface area (Å²) in [4.78, 5) is 9.17. The average molecular weight is 515 g/mol. The number of hydrogen-bond acceptors (Lipinski definition) is 9. The number of rotatable bonds is 5. The Balaban J connectivity index is 0.00000304. The van der Waals surface area contributed by atoms with Gasteiger partial charge in [-0.2, -0.15) is 9.94 Å². The monoisotopic (exact) mass is 514 g/mol. The van der Waals surface area contributed by atoms with Crippen LogP contribution in [0.2, 0.25) is 0 Å². The highest BCUT2D eigenvalue weighted by Gasteiger charge is 2.35. The molecule has 5 rings (SSSR count). The molecule has 36 heavy (non-hydrogen) atoms. The van der Waals surface area contributed by atoms with Crippen LogP contribution < -0.4 is 0 Å². The Morgan fingerprint density at radius 2 is 2.06 bits per heavy atom. The number of nitriles is 1. The fourth-order valence-corrected chi connectivity index (χ4v) is 5.03. The van der Waals surface area contributed by atoms with Gasteiger partial charge in [-0.3, -0.25) is 9.80 Å². The van der Waals surface area contributed by atoms with Crippen LogP contribution in [0.3, 0.4) is 0 Å². The number of ether oxygens (including phenoxy) is 1. The average Bonchev–Trinajstić information content (AvgIpc) is 3.39. The first kappa shape index (κ1) is 26.1. The van der Waals surface area contributed by atoms with Crippen molar-refractivity contribution in [3.8, 4) is 11.9 Å². The van der Waals surface area contributed by atoms with Crippen molar-refractivity contribution in [3.63, 3.8) is 0 Å². The van der Waals surface area contributed by atoms with E-state index in [9.17, 15) is 14.8 Å². The highest BCUT2D eigenvalue weighted by Crippen LogP contribution is 2.31. The van der Waals surface area contributed by atoms with E-state index in [2.05, 4.69) is 30.3 Å². The van der Waals surface area contributed by atoms with E-state index in [-0.39, 0.29) is 30.1 Å². The Hall–Kier alpha value is -3.01. The number of aliphatic hydroxyl groups is 1. The zero-order valence-electron chi connectivity index (χ0n) is 20.1. The van der Waals surface area contributed by atoms with Crippen molar-refractivity contribution in [2.45, 2.75) is 32.1 Å². The van der Waals surface area contributed by atoms with Gasteiger partial charge in [-0.05, 0) is 47.5 Å². The summed E-state index contributed by atoms with van der Waals surface area (Å²) < 4.78 is 21.6. The second-order valence-corrected chi connectivity index (χ2v) is 9.09. The molecule has 2 aromatic heterocycles. The van der Waals surface area contributed by atoms with Gasteiger partial charge in [0.2, 0.25) is 0 Å². The minimum Gasteiger partial charge on any atom is -0.387 e. The molecule has 4 heterocycles. The summed E-state index contributed by atoms with van der Waals surface area (Å²) in [5.74, 6) is 0.106. The van der Waals surface area contributed by atoms with Crippen molar-refractivity contribution in [2.24, 2.45) is 0 Å². The molecule has 0 saturated carbocycles. The summed E-state index contributed by atoms with van der Waals surface area (Å²) in [6.45, 7) is 7.83. The number of aryl methyl sites for hydroxylation is 1. The molecule has 1 N–H and O–H groups in total. The summed E-state index contributed by atoms with van der Waals surface area (Å²) in [6.07, 6.45) is 0.623. The molecule has 2 saturated heterocycles. The van der Waals surface area contributed by atoms with Crippen LogP contribution in [0.15, 0.2) is 30.6 Å². The molecule has 2 aliphatic heterocycles. The summed E-state index contributed by atoms with van der Waals surface area (Å²) >= 11 is 0. The molecule has 12 heteroatoms. The fourth-order valence-electron chi connectivity index (χ4n) is 5.03. The second-order valence-electron chi connectivity index (χ2n) is 9.09. The normalized spacial score (nSPS) is 21.3. The van der Waals surface area contributed by atoms with Crippen molar-refractivity contribution in [3.05, 3.63) is 64.4 Å². The number of fused-ring (bicyclic) bond motifs is 1. The molecule has 3 atom stereocenters. The minimum absolute atomic E-state index is 0. The number of morpholine rings is 1. The number of halogens is 2. The SMILES string of the molecule is Cc1nc(-n2cnnn2)ccc1C(O)CN1CCN2C[C@@H](c3ccc(F)c(C#N)c3C)OC[C@@H]2C1.Cl. The lowest BCUT2D eigenvalue weighted by Crippen LogP contribution is -2.58. The van der Waals surface area contributed by atoms with E-state index in [1.807, 2.05) is 19.1 Å². The summed E-state index contributed by atoms with van der Waals surface area (Å²) in [5, 5.41) is 31.3. The topological polar surface area (TPSA) is 116 Å². The fraction of sp³-hybridized carbons (Fsp3) is 0.458. The van der Waals surface area contributed by atoms with E-state index in [0.717, 1.165) is 36.5 Å². The van der Waals surface area contributed by atoms with Crippen LogP contribution in [0, 0.1) is 31.0 Å². The van der Waals surface area contributed by atoms with Gasteiger partial charge in [0.05, 0.1) is 24.4 Å². The van der Waals surface area contributed by atoms with E-state index in [1.165, 1.54) is 17.1 Å². The maximum absolute atomic E-state index is 13.9. The van der Waals surface area contributed by atoms with Crippen LogP contribution in [0.1, 0.15) is 40.2 Å². The largest absolute Gasteiger partial charge is 0.387 e. The predicted molar refractivity (Wildman–Crippen MR) is 130 cm³/mol. The summed E-state index contributed by atoms with van der Waals surface area (Å²) in [5.41, 5.74) is 3.12. The predicted octanol–water partition coefficient (Wildman–Crippen LogP) is 1.90. The molecule has 0 aliphatic carbocycles. The molecule has 0 bridgehead atoms. The van der Waals surface area contributed by atoms with Crippen LogP contribution in [0.5, 0.6) is 0 Å². The summed E-state index contributed by atoms with van der Waals surface area (Å²) in [7, 11) is 0. The highest BCUT2D eigenvalue weighted by atomic mass is 35.5. The zero-order valence-corrected chi connectivity index (χ0v) is 20.9. The van der Waals surface area contributed by atoms with Gasteiger partial charge in [0.25, 0.3) is 0 Å². The van der Waals surface area contributed by atoms with Gasteiger partial charge < -0.3 is 9.84 Å². The van der Waals surface area contributed by atoms with Gasteiger partial charge in [-0.15, -0.1) is 17.5 Å². The first-order valence-electron chi connectivity index (χ1n) is 11.6. The Morgan fingerprint density at radius 3 is 2.78 bits per heavy atom. The van der Waals surface area contributed by atoms with Gasteiger partial charge in [-0.1, -0.05) is 12.1 Å². The molecule has 0 spiro atoms. The summed E-state index contributed by atoms with van der Waals surface area (Å²) in [6, 6.07) is 8.92. The van der Waals surface area contributed by atoms with Crippen LogP contribution >= 0.6 is 12.4 Å². The number of hydrogen-bond donors (Lipinski definition) is 1. The molecule has 1 unspecified atom stereocenters. The number of aromatic nitrogens is 5. The minimum atomic E-state index is -0.666. The quantitative estimate of drug-likeness (QED) is 0.544. The van der Waals surface area contributed by atoms with Crippen molar-refractivity contribution >= 4 is 12.4 Å². The lowest BCUT2D eigenvalue weighted by molar-refractivity contribution is -0.0939. The van der Waals surface area contributed by atoms with Gasteiger partial charge in [-0.25, -0.2) is 9.37 Å². The standard InChI is InChI=1S/C24H27FN8O2.ClH/c1-15-18(3-5-21(25)20(15)9-26)23-12-32-8-7-31(10-17(32)13-35-23)11-22(34)19-4-6-24(28-16(19)2)33-14-27-29-30-33;/h3-6,14,17,22-23,34H,7-8,10-13H2,1-2H3;1H/t17-,22?,23-;/m0./s1. The smallest absolute Gasteiger partial charge is 0.157 e. The second kappa shape index (κ2) is 10.9. The van der Waals surface area contributed by atoms with Gasteiger partial charge in [0.15, 0.2) is 5.82 Å². The molecule has 190 valence electrons. The molecular formula is C24H28ClFN8O2. The highest BCUT2D eigenvalue weighted by molar-refractivity contribution is 5.85. The van der Waals surface area contributed by atoms with E-state index in [4.69, 9.17) is 4.74 Å². The van der Waals surface area contributed by atoms with Gasteiger partial charge in [0.1, 0.15) is 18.2 Å². The van der Waals surface area contributed by atoms with Crippen molar-refractivity contribution in [2.75, 3.05) is 39.3 Å². The molecule has 0 amide bonds. The van der Waals surface area contributed by atoms with E-state index in [1.54, 1.807) is 19.1 Å². The lowest BCUT2D eigenvalue weighted by Gasteiger charge is -2.46. The van der Waals surface area contributed by atoms with Crippen LogP contribution in [0.4, 0.5) is 4.39 Å². The molecule has 3 aromatic rings.